The Hall–Kier alpha value is -1.85. The second-order valence-electron chi connectivity index (χ2n) is 6.14. The van der Waals surface area contributed by atoms with Crippen molar-refractivity contribution in [3.8, 4) is 0 Å². The summed E-state index contributed by atoms with van der Waals surface area (Å²) >= 11 is 1.46. The van der Waals surface area contributed by atoms with Crippen LogP contribution in [-0.2, 0) is 13.8 Å². The Labute approximate surface area is 163 Å². The van der Waals surface area contributed by atoms with Crippen molar-refractivity contribution in [3.63, 3.8) is 0 Å². The molecule has 0 amide bonds. The lowest BCUT2D eigenvalue weighted by molar-refractivity contribution is -0.0424. The van der Waals surface area contributed by atoms with Crippen molar-refractivity contribution in [3.05, 3.63) is 43.0 Å². The van der Waals surface area contributed by atoms with Gasteiger partial charge in [0.2, 0.25) is 0 Å². The number of hydrogen-bond donors (Lipinski definition) is 3. The normalized spacial score (nSPS) is 22.8. The van der Waals surface area contributed by atoms with Crippen molar-refractivity contribution >= 4 is 30.7 Å². The number of phosphoric acid groups is 1. The molecule has 0 radical (unpaired) electrons. The van der Waals surface area contributed by atoms with Crippen LogP contribution in [0.3, 0.4) is 0 Å². The van der Waals surface area contributed by atoms with Gasteiger partial charge in [0.1, 0.15) is 29.2 Å². The van der Waals surface area contributed by atoms with Gasteiger partial charge in [-0.15, -0.1) is 0 Å². The molecule has 3 N–H and O–H groups in total. The first kappa shape index (κ1) is 19.5. The van der Waals surface area contributed by atoms with Gasteiger partial charge in [0.15, 0.2) is 5.65 Å². The zero-order valence-corrected chi connectivity index (χ0v) is 16.1. The Kier molecular flexibility index (Phi) is 5.48. The molecule has 1 fully saturated rings. The lowest BCUT2D eigenvalue weighted by Gasteiger charge is -2.16. The van der Waals surface area contributed by atoms with Gasteiger partial charge >= 0.3 is 7.82 Å². The number of benzene rings is 1. The third kappa shape index (κ3) is 4.26. The molecule has 10 nitrogen and oxygen atoms in total. The van der Waals surface area contributed by atoms with Gasteiger partial charge in [-0.05, 0) is 12.1 Å². The number of aromatic nitrogens is 4. The average molecular weight is 424 g/mol. The van der Waals surface area contributed by atoms with Gasteiger partial charge in [0.25, 0.3) is 0 Å². The number of aliphatic hydroxyl groups is 1. The van der Waals surface area contributed by atoms with Gasteiger partial charge in [0, 0.05) is 11.3 Å². The standard InChI is InChI=1S/C16H17N4O6PS/c21-11-6-13(26-12(11)7-25-27(22,23)24)20-9-19-14-15(20)17-8-18-16(14)28-10-4-2-1-3-5-10/h1-5,8-9,11-13,21H,6-7H2,(H2,22,23,24)/t11-,12+,13+/m0/s1. The number of aliphatic hydroxyl groups excluding tert-OH is 1. The minimum atomic E-state index is -4.64. The minimum absolute atomic E-state index is 0.214. The number of rotatable bonds is 6. The molecule has 1 aliphatic rings. The second-order valence-corrected chi connectivity index (χ2v) is 8.44. The minimum Gasteiger partial charge on any atom is -0.390 e. The Bertz CT molecular complexity index is 1010. The molecule has 12 heteroatoms. The van der Waals surface area contributed by atoms with Crippen LogP contribution in [0, 0.1) is 0 Å². The van der Waals surface area contributed by atoms with E-state index in [1.165, 1.54) is 18.1 Å². The molecular formula is C16H17N4O6PS. The Morgan fingerprint density at radius 2 is 2.04 bits per heavy atom. The fourth-order valence-corrected chi connectivity index (χ4v) is 4.12. The fourth-order valence-electron chi connectivity index (χ4n) is 2.92. The topological polar surface area (TPSA) is 140 Å². The summed E-state index contributed by atoms with van der Waals surface area (Å²) in [5, 5.41) is 10.8. The highest BCUT2D eigenvalue weighted by Gasteiger charge is 2.37. The van der Waals surface area contributed by atoms with Gasteiger partial charge in [-0.25, -0.2) is 19.5 Å². The Morgan fingerprint density at radius 1 is 1.25 bits per heavy atom. The summed E-state index contributed by atoms with van der Waals surface area (Å²) in [6.07, 6.45) is 0.814. The summed E-state index contributed by atoms with van der Waals surface area (Å²) < 4.78 is 22.7. The number of imidazole rings is 1. The van der Waals surface area contributed by atoms with Gasteiger partial charge < -0.3 is 19.6 Å². The number of fused-ring (bicyclic) bond motifs is 1. The maximum atomic E-state index is 10.9. The fraction of sp³-hybridized carbons (Fsp3) is 0.312. The van der Waals surface area contributed by atoms with Crippen LogP contribution in [0.4, 0.5) is 0 Å². The van der Waals surface area contributed by atoms with Crippen LogP contribution in [0.2, 0.25) is 0 Å². The number of phosphoric ester groups is 1. The molecule has 28 heavy (non-hydrogen) atoms. The highest BCUT2D eigenvalue weighted by molar-refractivity contribution is 7.99. The van der Waals surface area contributed by atoms with Gasteiger partial charge in [-0.3, -0.25) is 9.09 Å². The summed E-state index contributed by atoms with van der Waals surface area (Å²) in [6.45, 7) is -0.418. The Morgan fingerprint density at radius 3 is 2.79 bits per heavy atom. The predicted molar refractivity (Wildman–Crippen MR) is 98.4 cm³/mol. The largest absolute Gasteiger partial charge is 0.469 e. The van der Waals surface area contributed by atoms with Gasteiger partial charge in [-0.2, -0.15) is 0 Å². The first-order valence-electron chi connectivity index (χ1n) is 8.35. The van der Waals surface area contributed by atoms with Crippen LogP contribution < -0.4 is 0 Å². The highest BCUT2D eigenvalue weighted by Crippen LogP contribution is 2.39. The molecule has 0 spiro atoms. The maximum absolute atomic E-state index is 10.9. The molecule has 0 saturated carbocycles. The molecule has 0 aliphatic carbocycles. The third-order valence-electron chi connectivity index (χ3n) is 4.20. The molecule has 0 unspecified atom stereocenters. The molecule has 3 aromatic rings. The third-order valence-corrected chi connectivity index (χ3v) is 5.69. The summed E-state index contributed by atoms with van der Waals surface area (Å²) in [5.74, 6) is 0. The zero-order chi connectivity index (χ0) is 19.7. The molecule has 3 heterocycles. The summed E-state index contributed by atoms with van der Waals surface area (Å²) in [5.41, 5.74) is 1.14. The lowest BCUT2D eigenvalue weighted by Crippen LogP contribution is -2.25. The summed E-state index contributed by atoms with van der Waals surface area (Å²) in [7, 11) is -4.64. The molecule has 4 rings (SSSR count). The molecule has 1 aromatic carbocycles. The SMILES string of the molecule is O=P(O)(O)OC[C@H]1O[C@@H](n2cnc3c(Sc4ccccc4)ncnc32)C[C@@H]1O. The van der Waals surface area contributed by atoms with E-state index in [9.17, 15) is 9.67 Å². The van der Waals surface area contributed by atoms with Crippen molar-refractivity contribution in [1.82, 2.24) is 19.5 Å². The van der Waals surface area contributed by atoms with Crippen LogP contribution >= 0.6 is 19.6 Å². The van der Waals surface area contributed by atoms with Crippen molar-refractivity contribution in [1.29, 1.82) is 0 Å². The quantitative estimate of drug-likeness (QED) is 0.396. The van der Waals surface area contributed by atoms with Crippen molar-refractivity contribution in [2.75, 3.05) is 6.61 Å². The molecule has 0 bridgehead atoms. The molecule has 148 valence electrons. The van der Waals surface area contributed by atoms with Gasteiger partial charge in [-0.1, -0.05) is 30.0 Å². The van der Waals surface area contributed by atoms with E-state index in [2.05, 4.69) is 19.5 Å². The molecule has 3 atom stereocenters. The Balaban J connectivity index is 1.55. The zero-order valence-electron chi connectivity index (χ0n) is 14.4. The van der Waals surface area contributed by atoms with Crippen molar-refractivity contribution in [2.45, 2.75) is 34.8 Å². The highest BCUT2D eigenvalue weighted by atomic mass is 32.2. The first-order chi connectivity index (χ1) is 13.4. The van der Waals surface area contributed by atoms with E-state index in [0.29, 0.717) is 16.2 Å². The van der Waals surface area contributed by atoms with Crippen molar-refractivity contribution in [2.24, 2.45) is 0 Å². The number of nitrogens with zero attached hydrogens (tertiary/aromatic N) is 4. The molecule has 1 aliphatic heterocycles. The van der Waals surface area contributed by atoms with Crippen LogP contribution in [-0.4, -0.2) is 53.2 Å². The molecular weight excluding hydrogens is 407 g/mol. The second kappa shape index (κ2) is 7.88. The van der Waals surface area contributed by atoms with Crippen LogP contribution in [0.25, 0.3) is 11.2 Å². The van der Waals surface area contributed by atoms with E-state index in [4.69, 9.17) is 14.5 Å². The average Bonchev–Trinajstić information content (AvgIpc) is 3.24. The smallest absolute Gasteiger partial charge is 0.390 e. The van der Waals surface area contributed by atoms with E-state index in [1.54, 1.807) is 10.9 Å². The van der Waals surface area contributed by atoms with E-state index >= 15 is 0 Å². The van der Waals surface area contributed by atoms with E-state index in [-0.39, 0.29) is 6.42 Å². The van der Waals surface area contributed by atoms with E-state index in [0.717, 1.165) is 4.90 Å². The summed E-state index contributed by atoms with van der Waals surface area (Å²) in [6, 6.07) is 9.75. The van der Waals surface area contributed by atoms with Gasteiger partial charge in [0.05, 0.1) is 19.0 Å². The molecule has 2 aromatic heterocycles. The van der Waals surface area contributed by atoms with E-state index in [1.807, 2.05) is 30.3 Å². The van der Waals surface area contributed by atoms with Crippen LogP contribution in [0.1, 0.15) is 12.6 Å². The number of ether oxygens (including phenoxy) is 1. The maximum Gasteiger partial charge on any atom is 0.469 e. The van der Waals surface area contributed by atoms with Crippen LogP contribution in [0.5, 0.6) is 0 Å². The first-order valence-corrected chi connectivity index (χ1v) is 10.7. The van der Waals surface area contributed by atoms with Crippen molar-refractivity contribution < 1.29 is 28.7 Å². The van der Waals surface area contributed by atoms with Crippen LogP contribution in [0.15, 0.2) is 52.9 Å². The van der Waals surface area contributed by atoms with E-state index < -0.39 is 32.9 Å². The monoisotopic (exact) mass is 424 g/mol. The lowest BCUT2D eigenvalue weighted by atomic mass is 10.2. The predicted octanol–water partition coefficient (Wildman–Crippen LogP) is 1.74. The number of hydrogen-bond acceptors (Lipinski definition) is 8. The molecule has 1 saturated heterocycles. The summed E-state index contributed by atoms with van der Waals surface area (Å²) in [4.78, 5) is 31.6.